The third-order valence-electron chi connectivity index (χ3n) is 5.10. The van der Waals surface area contributed by atoms with Crippen LogP contribution in [0.15, 0.2) is 36.7 Å². The van der Waals surface area contributed by atoms with Gasteiger partial charge in [-0.2, -0.15) is 0 Å². The first-order valence-electron chi connectivity index (χ1n) is 8.43. The van der Waals surface area contributed by atoms with Gasteiger partial charge in [-0.05, 0) is 25.0 Å². The molecule has 2 heterocycles. The number of carbonyl (C=O) groups excluding carboxylic acids is 1. The van der Waals surface area contributed by atoms with Gasteiger partial charge in [0.05, 0.1) is 23.6 Å². The Labute approximate surface area is 135 Å². The first-order valence-corrected chi connectivity index (χ1v) is 8.43. The molecule has 1 aliphatic carbocycles. The van der Waals surface area contributed by atoms with Gasteiger partial charge in [-0.1, -0.05) is 37.5 Å². The summed E-state index contributed by atoms with van der Waals surface area (Å²) in [6.07, 6.45) is 8.18. The zero-order valence-electron chi connectivity index (χ0n) is 13.1. The molecule has 120 valence electrons. The average molecular weight is 310 g/mol. The number of fused-ring (bicyclic) bond motifs is 2. The highest BCUT2D eigenvalue weighted by Crippen LogP contribution is 2.40. The Kier molecular flexibility index (Phi) is 3.65. The summed E-state index contributed by atoms with van der Waals surface area (Å²) in [5, 5.41) is 6.66. The molecule has 5 heteroatoms. The van der Waals surface area contributed by atoms with Crippen molar-refractivity contribution in [2.75, 3.05) is 5.32 Å². The van der Waals surface area contributed by atoms with Crippen molar-refractivity contribution in [1.29, 1.82) is 0 Å². The Morgan fingerprint density at radius 1 is 1.17 bits per heavy atom. The lowest BCUT2D eigenvalue weighted by atomic mass is 9.75. The monoisotopic (exact) mass is 310 g/mol. The van der Waals surface area contributed by atoms with Gasteiger partial charge in [-0.15, -0.1) is 0 Å². The van der Waals surface area contributed by atoms with Crippen LogP contribution >= 0.6 is 0 Å². The van der Waals surface area contributed by atoms with E-state index in [1.165, 1.54) is 19.3 Å². The molecule has 4 rings (SSSR count). The predicted octanol–water partition coefficient (Wildman–Crippen LogP) is 2.72. The lowest BCUT2D eigenvalue weighted by Crippen LogP contribution is -2.57. The Morgan fingerprint density at radius 3 is 2.74 bits per heavy atom. The number of aromatic amines is 1. The molecule has 1 atom stereocenters. The quantitative estimate of drug-likeness (QED) is 0.799. The zero-order chi connectivity index (χ0) is 15.7. The van der Waals surface area contributed by atoms with Crippen molar-refractivity contribution in [2.45, 2.75) is 50.1 Å². The number of nitrogens with one attached hydrogen (secondary N) is 3. The lowest BCUT2D eigenvalue weighted by Gasteiger charge is -2.43. The second-order valence-corrected chi connectivity index (χ2v) is 6.63. The number of H-pyrrole nitrogens is 1. The van der Waals surface area contributed by atoms with Crippen molar-refractivity contribution in [1.82, 2.24) is 15.3 Å². The maximum absolute atomic E-state index is 12.7. The maximum Gasteiger partial charge on any atom is 0.241 e. The number of anilines is 1. The summed E-state index contributed by atoms with van der Waals surface area (Å²) in [6, 6.07) is 9.42. The van der Waals surface area contributed by atoms with E-state index in [9.17, 15) is 4.79 Å². The van der Waals surface area contributed by atoms with Crippen LogP contribution in [-0.2, 0) is 16.8 Å². The Bertz CT molecular complexity index is 688. The van der Waals surface area contributed by atoms with Gasteiger partial charge < -0.3 is 10.3 Å². The third kappa shape index (κ3) is 2.65. The van der Waals surface area contributed by atoms with Crippen molar-refractivity contribution in [2.24, 2.45) is 0 Å². The number of hydrogen-bond donors (Lipinski definition) is 3. The van der Waals surface area contributed by atoms with Gasteiger partial charge in [0.15, 0.2) is 0 Å². The molecule has 1 fully saturated rings. The molecular weight excluding hydrogens is 288 g/mol. The first kappa shape index (κ1) is 14.5. The van der Waals surface area contributed by atoms with Crippen molar-refractivity contribution < 1.29 is 4.79 Å². The number of hydrogen-bond acceptors (Lipinski definition) is 3. The van der Waals surface area contributed by atoms with E-state index in [0.717, 1.165) is 29.9 Å². The molecule has 1 amide bonds. The molecule has 5 nitrogen and oxygen atoms in total. The molecule has 0 saturated heterocycles. The molecule has 0 radical (unpaired) electrons. The van der Waals surface area contributed by atoms with Gasteiger partial charge in [-0.25, -0.2) is 4.98 Å². The van der Waals surface area contributed by atoms with Gasteiger partial charge in [0.1, 0.15) is 0 Å². The van der Waals surface area contributed by atoms with E-state index in [1.54, 1.807) is 6.33 Å². The zero-order valence-corrected chi connectivity index (χ0v) is 13.1. The number of para-hydroxylation sites is 1. The summed E-state index contributed by atoms with van der Waals surface area (Å²) >= 11 is 0. The summed E-state index contributed by atoms with van der Waals surface area (Å²) in [5.74, 6) is 0.0291. The molecule has 1 spiro atoms. The lowest BCUT2D eigenvalue weighted by molar-refractivity contribution is -0.119. The molecule has 3 N–H and O–H groups in total. The van der Waals surface area contributed by atoms with Gasteiger partial charge in [0.2, 0.25) is 5.91 Å². The largest absolute Gasteiger partial charge is 0.348 e. The number of rotatable bonds is 2. The van der Waals surface area contributed by atoms with Gasteiger partial charge in [0.25, 0.3) is 0 Å². The van der Waals surface area contributed by atoms with Crippen LogP contribution in [0.1, 0.15) is 43.5 Å². The van der Waals surface area contributed by atoms with Crippen LogP contribution < -0.4 is 10.6 Å². The number of aromatic nitrogens is 2. The number of nitrogens with zero attached hydrogens (tertiary/aromatic N) is 1. The van der Waals surface area contributed by atoms with Crippen LogP contribution in [-0.4, -0.2) is 21.9 Å². The number of imidazole rings is 1. The Hall–Kier alpha value is -2.14. The van der Waals surface area contributed by atoms with Crippen LogP contribution in [0.25, 0.3) is 0 Å². The van der Waals surface area contributed by atoms with E-state index < -0.39 is 0 Å². The molecular formula is C18H22N4O. The fourth-order valence-electron chi connectivity index (χ4n) is 3.99. The van der Waals surface area contributed by atoms with Gasteiger partial charge >= 0.3 is 0 Å². The standard InChI is InChI=1S/C18H22N4O/c23-17(21-13-7-3-1-4-8-13)15-11-14-16(20-12-19-14)18(22-15)9-5-2-6-10-18/h1,3-4,7-8,12,15,22H,2,5-6,9-11H2,(H,19,20)(H,21,23)/t15-/m0/s1. The normalized spacial score (nSPS) is 22.5. The van der Waals surface area contributed by atoms with Crippen LogP contribution in [0, 0.1) is 0 Å². The first-order chi connectivity index (χ1) is 11.3. The minimum absolute atomic E-state index is 0.0291. The molecule has 1 aromatic heterocycles. The second-order valence-electron chi connectivity index (χ2n) is 6.63. The maximum atomic E-state index is 12.7. The van der Waals surface area contributed by atoms with E-state index in [1.807, 2.05) is 30.3 Å². The van der Waals surface area contributed by atoms with E-state index >= 15 is 0 Å². The van der Waals surface area contributed by atoms with E-state index in [-0.39, 0.29) is 17.5 Å². The highest BCUT2D eigenvalue weighted by Gasteiger charge is 2.44. The molecule has 0 unspecified atom stereocenters. The van der Waals surface area contributed by atoms with Crippen LogP contribution in [0.2, 0.25) is 0 Å². The fraction of sp³-hybridized carbons (Fsp3) is 0.444. The van der Waals surface area contributed by atoms with Crippen LogP contribution in [0.3, 0.4) is 0 Å². The number of amides is 1. The average Bonchev–Trinajstić information content (AvgIpc) is 3.06. The topological polar surface area (TPSA) is 69.8 Å². The summed E-state index contributed by atoms with van der Waals surface area (Å²) in [7, 11) is 0. The Balaban J connectivity index is 1.58. The SMILES string of the molecule is O=C(Nc1ccccc1)[C@@H]1Cc2[nH]cnc2C2(CCCCC2)N1. The van der Waals surface area contributed by atoms with Crippen LogP contribution in [0.5, 0.6) is 0 Å². The van der Waals surface area contributed by atoms with E-state index in [4.69, 9.17) is 0 Å². The van der Waals surface area contributed by atoms with Crippen LogP contribution in [0.4, 0.5) is 5.69 Å². The minimum Gasteiger partial charge on any atom is -0.348 e. The smallest absolute Gasteiger partial charge is 0.241 e. The fourth-order valence-corrected chi connectivity index (χ4v) is 3.99. The summed E-state index contributed by atoms with van der Waals surface area (Å²) in [5.41, 5.74) is 2.94. The minimum atomic E-state index is -0.221. The highest BCUT2D eigenvalue weighted by atomic mass is 16.2. The summed E-state index contributed by atoms with van der Waals surface area (Å²) in [4.78, 5) is 20.5. The predicted molar refractivity (Wildman–Crippen MR) is 89.1 cm³/mol. The van der Waals surface area contributed by atoms with E-state index in [2.05, 4.69) is 20.6 Å². The van der Waals surface area contributed by atoms with Gasteiger partial charge in [-0.3, -0.25) is 10.1 Å². The van der Waals surface area contributed by atoms with Gasteiger partial charge in [0, 0.05) is 17.8 Å². The second kappa shape index (κ2) is 5.81. The van der Waals surface area contributed by atoms with Crippen molar-refractivity contribution in [3.8, 4) is 0 Å². The molecule has 0 bridgehead atoms. The number of carbonyl (C=O) groups is 1. The summed E-state index contributed by atoms with van der Waals surface area (Å²) in [6.45, 7) is 0. The third-order valence-corrected chi connectivity index (χ3v) is 5.10. The number of benzene rings is 1. The van der Waals surface area contributed by atoms with E-state index in [0.29, 0.717) is 6.42 Å². The summed E-state index contributed by atoms with van der Waals surface area (Å²) < 4.78 is 0. The van der Waals surface area contributed by atoms with Crippen molar-refractivity contribution in [3.05, 3.63) is 48.0 Å². The molecule has 2 aliphatic rings. The molecule has 1 aliphatic heterocycles. The Morgan fingerprint density at radius 2 is 1.96 bits per heavy atom. The molecule has 1 aromatic carbocycles. The van der Waals surface area contributed by atoms with Crippen molar-refractivity contribution in [3.63, 3.8) is 0 Å². The molecule has 23 heavy (non-hydrogen) atoms. The van der Waals surface area contributed by atoms with Crippen molar-refractivity contribution >= 4 is 11.6 Å². The molecule has 1 saturated carbocycles. The highest BCUT2D eigenvalue weighted by molar-refractivity contribution is 5.95. The molecule has 2 aromatic rings.